The second-order valence-corrected chi connectivity index (χ2v) is 10.5. The van der Waals surface area contributed by atoms with Crippen LogP contribution in [0.25, 0.3) is 17.0 Å². The molecular weight excluding hydrogens is 565 g/mol. The molecule has 0 fully saturated rings. The number of amides is 1. The zero-order valence-electron chi connectivity index (χ0n) is 22.6. The van der Waals surface area contributed by atoms with E-state index >= 15 is 0 Å². The quantitative estimate of drug-likeness (QED) is 0.124. The third-order valence-electron chi connectivity index (χ3n) is 6.86. The lowest BCUT2D eigenvalue weighted by Crippen LogP contribution is -2.32. The first kappa shape index (κ1) is 29.8. The third kappa shape index (κ3) is 6.76. The van der Waals surface area contributed by atoms with Crippen molar-refractivity contribution in [3.8, 4) is 11.3 Å². The largest absolute Gasteiger partial charge is 0.388 e. The molecule has 2 aromatic heterocycles. The lowest BCUT2D eigenvalue weighted by molar-refractivity contribution is -0.123. The number of allylic oxidation sites excluding steroid dienone is 1. The summed E-state index contributed by atoms with van der Waals surface area (Å²) in [7, 11) is 1.71. The smallest absolute Gasteiger partial charge is 0.254 e. The Morgan fingerprint density at radius 2 is 2.02 bits per heavy atom. The van der Waals surface area contributed by atoms with E-state index in [1.54, 1.807) is 42.2 Å². The molecule has 0 radical (unpaired) electrons. The van der Waals surface area contributed by atoms with E-state index in [4.69, 9.17) is 40.2 Å². The van der Waals surface area contributed by atoms with Crippen LogP contribution in [0.3, 0.4) is 0 Å². The van der Waals surface area contributed by atoms with E-state index in [0.29, 0.717) is 58.2 Å². The highest BCUT2D eigenvalue weighted by Crippen LogP contribution is 2.32. The highest BCUT2D eigenvalue weighted by Gasteiger charge is 2.23. The van der Waals surface area contributed by atoms with Crippen LogP contribution in [0.4, 0.5) is 5.69 Å². The van der Waals surface area contributed by atoms with Gasteiger partial charge in [0.2, 0.25) is 5.91 Å². The van der Waals surface area contributed by atoms with E-state index in [1.807, 2.05) is 13.0 Å². The Kier molecular flexibility index (Phi) is 9.43. The molecule has 0 spiro atoms. The minimum atomic E-state index is -0.406. The number of hydrogen-bond donors (Lipinski definition) is 5. The first-order chi connectivity index (χ1) is 19.6. The number of fused-ring (bicyclic) bond motifs is 2. The highest BCUT2D eigenvalue weighted by molar-refractivity contribution is 6.31. The number of nitrogens with two attached hydrogens (primary N) is 2. The van der Waals surface area contributed by atoms with Crippen LogP contribution >= 0.6 is 23.2 Å². The van der Waals surface area contributed by atoms with Crippen molar-refractivity contribution in [2.45, 2.75) is 32.2 Å². The molecule has 1 aliphatic rings. The Balaban J connectivity index is 1.82. The summed E-state index contributed by atoms with van der Waals surface area (Å²) < 4.78 is 1.56. The van der Waals surface area contributed by atoms with Gasteiger partial charge in [-0.3, -0.25) is 24.1 Å². The summed E-state index contributed by atoms with van der Waals surface area (Å²) in [5.41, 5.74) is 8.98. The standard InChI is InChI=1S/C28H31Cl2N9O2/c1-16-4-3-5-23(17-8-18(13-35-12-17)27(34-2)22(11-31)37-28(16)41)38-15-36-21(10-26(38)40)20-9-19(29)6-7-24(20)39(33)14-25(30)32/h6-16,23,31,34H,3-5,32-33H2,1-2H3,(H,37,41)/b25-14-,27-22+,31-11?. The first-order valence-corrected chi connectivity index (χ1v) is 13.6. The molecule has 41 heavy (non-hydrogen) atoms. The number of nitrogens with one attached hydrogen (secondary N) is 3. The maximum atomic E-state index is 13.6. The van der Waals surface area contributed by atoms with Gasteiger partial charge in [0, 0.05) is 53.8 Å². The molecule has 3 heterocycles. The second-order valence-electron chi connectivity index (χ2n) is 9.63. The molecule has 214 valence electrons. The molecule has 11 nitrogen and oxygen atoms in total. The molecule has 4 rings (SSSR count). The molecule has 0 saturated heterocycles. The predicted octanol–water partition coefficient (Wildman–Crippen LogP) is 3.70. The van der Waals surface area contributed by atoms with Crippen LogP contribution in [0.2, 0.25) is 5.02 Å². The molecule has 2 atom stereocenters. The van der Waals surface area contributed by atoms with E-state index < -0.39 is 6.04 Å². The van der Waals surface area contributed by atoms with Gasteiger partial charge >= 0.3 is 0 Å². The number of carbonyl (C=O) groups is 1. The van der Waals surface area contributed by atoms with E-state index in [0.717, 1.165) is 11.8 Å². The average Bonchev–Trinajstić information content (AvgIpc) is 2.94. The zero-order valence-corrected chi connectivity index (χ0v) is 24.1. The van der Waals surface area contributed by atoms with Crippen molar-refractivity contribution in [2.24, 2.45) is 17.5 Å². The Morgan fingerprint density at radius 1 is 1.24 bits per heavy atom. The van der Waals surface area contributed by atoms with Crippen LogP contribution in [-0.4, -0.2) is 33.7 Å². The highest BCUT2D eigenvalue weighted by atomic mass is 35.5. The number of hydrogen-bond acceptors (Lipinski definition) is 9. The summed E-state index contributed by atoms with van der Waals surface area (Å²) in [6, 6.07) is 7.91. The summed E-state index contributed by atoms with van der Waals surface area (Å²) in [6.07, 6.45) is 9.10. The Labute approximate surface area is 247 Å². The number of rotatable bonds is 6. The fourth-order valence-electron chi connectivity index (χ4n) is 4.79. The molecule has 7 N–H and O–H groups in total. The SMILES string of the molecule is CN/C1=C(\C=N)NC(=O)C(C)CCCC(n2cnc(-c3cc(Cl)ccc3N(N)/C=C(\N)Cl)cc2=O)c2cncc1c2. The molecule has 2 bridgehead atoms. The van der Waals surface area contributed by atoms with Gasteiger partial charge in [0.05, 0.1) is 41.3 Å². The van der Waals surface area contributed by atoms with Crippen molar-refractivity contribution < 1.29 is 4.79 Å². The number of aromatic nitrogens is 3. The summed E-state index contributed by atoms with van der Waals surface area (Å²) in [4.78, 5) is 35.5. The number of benzene rings is 1. The Bertz CT molecular complexity index is 1580. The minimum Gasteiger partial charge on any atom is -0.388 e. The third-order valence-corrected chi connectivity index (χ3v) is 7.20. The number of anilines is 1. The molecule has 2 unspecified atom stereocenters. The van der Waals surface area contributed by atoms with Gasteiger partial charge in [-0.15, -0.1) is 0 Å². The topological polar surface area (TPSA) is 168 Å². The molecule has 1 aliphatic heterocycles. The van der Waals surface area contributed by atoms with Crippen molar-refractivity contribution in [3.63, 3.8) is 0 Å². The minimum absolute atomic E-state index is 0.0223. The second kappa shape index (κ2) is 13.0. The van der Waals surface area contributed by atoms with Crippen molar-refractivity contribution in [3.05, 3.63) is 92.6 Å². The molecule has 0 saturated carbocycles. The van der Waals surface area contributed by atoms with E-state index in [-0.39, 0.29) is 22.5 Å². The van der Waals surface area contributed by atoms with Gasteiger partial charge in [0.15, 0.2) is 0 Å². The van der Waals surface area contributed by atoms with E-state index in [1.165, 1.54) is 23.6 Å². The summed E-state index contributed by atoms with van der Waals surface area (Å²) in [5, 5.41) is 15.4. The summed E-state index contributed by atoms with van der Waals surface area (Å²) >= 11 is 12.1. The van der Waals surface area contributed by atoms with E-state index in [2.05, 4.69) is 20.6 Å². The average molecular weight is 597 g/mol. The number of carbonyl (C=O) groups excluding carboxylic acids is 1. The maximum Gasteiger partial charge on any atom is 0.254 e. The molecule has 3 aromatic rings. The van der Waals surface area contributed by atoms with Gasteiger partial charge in [-0.2, -0.15) is 0 Å². The summed E-state index contributed by atoms with van der Waals surface area (Å²) in [5.74, 6) is 5.65. The van der Waals surface area contributed by atoms with Gasteiger partial charge in [-0.05, 0) is 42.7 Å². The van der Waals surface area contributed by atoms with Crippen LogP contribution in [-0.2, 0) is 4.79 Å². The van der Waals surface area contributed by atoms with Crippen molar-refractivity contribution >= 4 is 46.7 Å². The van der Waals surface area contributed by atoms with Crippen LogP contribution < -0.4 is 32.8 Å². The Morgan fingerprint density at radius 3 is 2.71 bits per heavy atom. The molecule has 13 heteroatoms. The van der Waals surface area contributed by atoms with Crippen LogP contribution in [0.5, 0.6) is 0 Å². The van der Waals surface area contributed by atoms with Gasteiger partial charge in [-0.1, -0.05) is 36.5 Å². The van der Waals surface area contributed by atoms with Crippen molar-refractivity contribution in [1.82, 2.24) is 25.2 Å². The molecule has 1 amide bonds. The van der Waals surface area contributed by atoms with Gasteiger partial charge in [0.1, 0.15) is 5.16 Å². The molecule has 1 aromatic carbocycles. The lowest BCUT2D eigenvalue weighted by Gasteiger charge is -2.24. The van der Waals surface area contributed by atoms with Crippen LogP contribution in [0.15, 0.2) is 70.9 Å². The van der Waals surface area contributed by atoms with Crippen molar-refractivity contribution in [2.75, 3.05) is 12.1 Å². The number of pyridine rings is 1. The monoisotopic (exact) mass is 595 g/mol. The molecular formula is C28H31Cl2N9O2. The van der Waals surface area contributed by atoms with Crippen LogP contribution in [0.1, 0.15) is 43.4 Å². The summed E-state index contributed by atoms with van der Waals surface area (Å²) in [6.45, 7) is 1.84. The number of nitrogens with zero attached hydrogens (tertiary/aromatic N) is 4. The zero-order chi connectivity index (χ0) is 29.7. The molecule has 0 aliphatic carbocycles. The van der Waals surface area contributed by atoms with Gasteiger partial charge < -0.3 is 21.8 Å². The number of halogens is 2. The van der Waals surface area contributed by atoms with E-state index in [9.17, 15) is 9.59 Å². The fourth-order valence-corrected chi connectivity index (χ4v) is 5.06. The van der Waals surface area contributed by atoms with Crippen molar-refractivity contribution in [1.29, 1.82) is 5.41 Å². The van der Waals surface area contributed by atoms with Gasteiger partial charge in [0.25, 0.3) is 5.56 Å². The predicted molar refractivity (Wildman–Crippen MR) is 162 cm³/mol. The lowest BCUT2D eigenvalue weighted by atomic mass is 9.95. The maximum absolute atomic E-state index is 13.6. The fraction of sp³-hybridized carbons (Fsp3) is 0.250. The van der Waals surface area contributed by atoms with Crippen LogP contribution in [0, 0.1) is 11.3 Å². The van der Waals surface area contributed by atoms with Gasteiger partial charge in [-0.25, -0.2) is 10.8 Å². The number of hydrazine groups is 1. The Hall–Kier alpha value is -4.19. The first-order valence-electron chi connectivity index (χ1n) is 12.9. The normalized spacial score (nSPS) is 19.9.